The van der Waals surface area contributed by atoms with Gasteiger partial charge in [0.25, 0.3) is 0 Å². The van der Waals surface area contributed by atoms with Crippen LogP contribution in [0.2, 0.25) is 0 Å². The third kappa shape index (κ3) is 3.63. The van der Waals surface area contributed by atoms with Crippen molar-refractivity contribution in [3.8, 4) is 0 Å². The topological polar surface area (TPSA) is 20.3 Å². The number of rotatable bonds is 3. The standard InChI is InChI=1S/C14H17NOS/c16-13-8-10-15(11-9-13)14(17)7-6-12-4-2-1-3-5-12/h1-5H,6-11H2. The maximum atomic E-state index is 11.1. The quantitative estimate of drug-likeness (QED) is 0.766. The second kappa shape index (κ2) is 5.92. The highest BCUT2D eigenvalue weighted by Crippen LogP contribution is 2.11. The van der Waals surface area contributed by atoms with Crippen LogP contribution in [-0.4, -0.2) is 28.8 Å². The molecule has 1 aromatic rings. The van der Waals surface area contributed by atoms with E-state index in [2.05, 4.69) is 29.2 Å². The van der Waals surface area contributed by atoms with Gasteiger partial charge in [0.05, 0.1) is 4.99 Å². The predicted molar refractivity (Wildman–Crippen MR) is 73.2 cm³/mol. The van der Waals surface area contributed by atoms with Crippen LogP contribution in [0.25, 0.3) is 0 Å². The Hall–Kier alpha value is -1.22. The lowest BCUT2D eigenvalue weighted by Gasteiger charge is -2.28. The van der Waals surface area contributed by atoms with E-state index in [9.17, 15) is 4.79 Å². The highest BCUT2D eigenvalue weighted by Gasteiger charge is 2.17. The molecule has 1 aliphatic heterocycles. The number of likely N-dealkylation sites (tertiary alicyclic amines) is 1. The first kappa shape index (κ1) is 12.2. The monoisotopic (exact) mass is 247 g/mol. The van der Waals surface area contributed by atoms with E-state index in [-0.39, 0.29) is 0 Å². The van der Waals surface area contributed by atoms with Gasteiger partial charge in [-0.1, -0.05) is 42.5 Å². The first-order valence-electron chi connectivity index (χ1n) is 6.09. The summed E-state index contributed by atoms with van der Waals surface area (Å²) in [6.07, 6.45) is 3.22. The minimum Gasteiger partial charge on any atom is -0.365 e. The summed E-state index contributed by atoms with van der Waals surface area (Å²) in [7, 11) is 0. The van der Waals surface area contributed by atoms with Gasteiger partial charge in [0, 0.05) is 32.4 Å². The zero-order valence-electron chi connectivity index (χ0n) is 9.89. The first-order chi connectivity index (χ1) is 8.25. The smallest absolute Gasteiger partial charge is 0.136 e. The highest BCUT2D eigenvalue weighted by atomic mass is 32.1. The molecule has 1 aliphatic rings. The van der Waals surface area contributed by atoms with Crippen LogP contribution in [0.4, 0.5) is 0 Å². The maximum absolute atomic E-state index is 11.1. The molecule has 0 aliphatic carbocycles. The fourth-order valence-corrected chi connectivity index (χ4v) is 2.34. The van der Waals surface area contributed by atoms with Crippen LogP contribution in [-0.2, 0) is 11.2 Å². The largest absolute Gasteiger partial charge is 0.365 e. The van der Waals surface area contributed by atoms with Crippen molar-refractivity contribution in [3.05, 3.63) is 35.9 Å². The number of carbonyl (C=O) groups is 1. The van der Waals surface area contributed by atoms with Gasteiger partial charge in [-0.3, -0.25) is 4.79 Å². The third-order valence-corrected chi connectivity index (χ3v) is 3.61. The zero-order valence-corrected chi connectivity index (χ0v) is 10.7. The van der Waals surface area contributed by atoms with E-state index in [1.54, 1.807) is 0 Å². The summed E-state index contributed by atoms with van der Waals surface area (Å²) >= 11 is 5.43. The Labute approximate surface area is 108 Å². The predicted octanol–water partition coefficient (Wildman–Crippen LogP) is 2.61. The Morgan fingerprint density at radius 3 is 2.47 bits per heavy atom. The molecule has 2 rings (SSSR count). The van der Waals surface area contributed by atoms with Crippen molar-refractivity contribution < 1.29 is 4.79 Å². The normalized spacial score (nSPS) is 16.0. The molecule has 1 aromatic carbocycles. The molecule has 0 aromatic heterocycles. The van der Waals surface area contributed by atoms with Crippen LogP contribution in [0.3, 0.4) is 0 Å². The minimum atomic E-state index is 0.368. The molecule has 1 saturated heterocycles. The molecular formula is C14H17NOS. The molecule has 0 radical (unpaired) electrons. The summed E-state index contributed by atoms with van der Waals surface area (Å²) in [6, 6.07) is 10.4. The number of hydrogen-bond donors (Lipinski definition) is 0. The molecule has 0 unspecified atom stereocenters. The van der Waals surface area contributed by atoms with E-state index in [0.717, 1.165) is 30.9 Å². The number of thiocarbonyl (C=S) groups is 1. The molecular weight excluding hydrogens is 230 g/mol. The number of benzene rings is 1. The molecule has 1 fully saturated rings. The van der Waals surface area contributed by atoms with E-state index in [1.165, 1.54) is 5.56 Å². The van der Waals surface area contributed by atoms with Crippen molar-refractivity contribution >= 4 is 23.0 Å². The highest BCUT2D eigenvalue weighted by molar-refractivity contribution is 7.80. The molecule has 3 heteroatoms. The summed E-state index contributed by atoms with van der Waals surface area (Å²) in [5.74, 6) is 0.368. The summed E-state index contributed by atoms with van der Waals surface area (Å²) in [6.45, 7) is 1.62. The van der Waals surface area contributed by atoms with E-state index < -0.39 is 0 Å². The van der Waals surface area contributed by atoms with Gasteiger partial charge in [-0.05, 0) is 12.0 Å². The fraction of sp³-hybridized carbons (Fsp3) is 0.429. The van der Waals surface area contributed by atoms with Crippen molar-refractivity contribution in [3.63, 3.8) is 0 Å². The van der Waals surface area contributed by atoms with Gasteiger partial charge in [-0.15, -0.1) is 0 Å². The van der Waals surface area contributed by atoms with Gasteiger partial charge in [0.1, 0.15) is 5.78 Å². The van der Waals surface area contributed by atoms with Crippen LogP contribution in [0.15, 0.2) is 30.3 Å². The molecule has 0 amide bonds. The van der Waals surface area contributed by atoms with E-state index in [0.29, 0.717) is 18.6 Å². The summed E-state index contributed by atoms with van der Waals surface area (Å²) in [4.78, 5) is 14.3. The van der Waals surface area contributed by atoms with Crippen molar-refractivity contribution in [1.29, 1.82) is 0 Å². The first-order valence-corrected chi connectivity index (χ1v) is 6.50. The number of nitrogens with zero attached hydrogens (tertiary/aromatic N) is 1. The molecule has 1 heterocycles. The number of hydrogen-bond acceptors (Lipinski definition) is 2. The van der Waals surface area contributed by atoms with Crippen molar-refractivity contribution in [2.75, 3.05) is 13.1 Å². The zero-order chi connectivity index (χ0) is 12.1. The molecule has 17 heavy (non-hydrogen) atoms. The second-order valence-electron chi connectivity index (χ2n) is 4.41. The van der Waals surface area contributed by atoms with Gasteiger partial charge >= 0.3 is 0 Å². The van der Waals surface area contributed by atoms with Crippen LogP contribution in [0.1, 0.15) is 24.8 Å². The van der Waals surface area contributed by atoms with E-state index in [1.807, 2.05) is 6.07 Å². The third-order valence-electron chi connectivity index (χ3n) is 3.14. The summed E-state index contributed by atoms with van der Waals surface area (Å²) in [5, 5.41) is 0. The van der Waals surface area contributed by atoms with Crippen molar-refractivity contribution in [2.24, 2.45) is 0 Å². The fourth-order valence-electron chi connectivity index (χ4n) is 2.06. The average molecular weight is 247 g/mol. The van der Waals surface area contributed by atoms with Gasteiger partial charge in [0.15, 0.2) is 0 Å². The van der Waals surface area contributed by atoms with Crippen LogP contribution < -0.4 is 0 Å². The summed E-state index contributed by atoms with van der Waals surface area (Å²) < 4.78 is 0. The Balaban J connectivity index is 1.80. The van der Waals surface area contributed by atoms with Crippen LogP contribution >= 0.6 is 12.2 Å². The van der Waals surface area contributed by atoms with Crippen molar-refractivity contribution in [2.45, 2.75) is 25.7 Å². The number of piperidine rings is 1. The molecule has 0 atom stereocenters. The van der Waals surface area contributed by atoms with E-state index in [4.69, 9.17) is 12.2 Å². The number of ketones is 1. The number of carbonyl (C=O) groups excluding carboxylic acids is 1. The second-order valence-corrected chi connectivity index (χ2v) is 4.88. The number of Topliss-reactive ketones (excluding diaryl/α,β-unsaturated/α-hetero) is 1. The van der Waals surface area contributed by atoms with Crippen LogP contribution in [0.5, 0.6) is 0 Å². The number of aryl methyl sites for hydroxylation is 1. The lowest BCUT2D eigenvalue weighted by Crippen LogP contribution is -2.37. The minimum absolute atomic E-state index is 0.368. The maximum Gasteiger partial charge on any atom is 0.136 e. The van der Waals surface area contributed by atoms with E-state index >= 15 is 0 Å². The lowest BCUT2D eigenvalue weighted by molar-refractivity contribution is -0.120. The van der Waals surface area contributed by atoms with Gasteiger partial charge in [-0.25, -0.2) is 0 Å². The molecule has 2 nitrogen and oxygen atoms in total. The molecule has 0 bridgehead atoms. The average Bonchev–Trinajstić information content (AvgIpc) is 2.38. The van der Waals surface area contributed by atoms with Gasteiger partial charge in [-0.2, -0.15) is 0 Å². The van der Waals surface area contributed by atoms with Gasteiger partial charge < -0.3 is 4.90 Å². The Kier molecular flexibility index (Phi) is 4.26. The Morgan fingerprint density at radius 1 is 1.18 bits per heavy atom. The van der Waals surface area contributed by atoms with Gasteiger partial charge in [0.2, 0.25) is 0 Å². The SMILES string of the molecule is O=C1CCN(C(=S)CCc2ccccc2)CC1. The molecule has 0 spiro atoms. The molecule has 0 N–H and O–H groups in total. The van der Waals surface area contributed by atoms with Crippen LogP contribution in [0, 0.1) is 0 Å². The molecule has 90 valence electrons. The summed E-state index contributed by atoms with van der Waals surface area (Å²) in [5.41, 5.74) is 1.32. The Bertz CT molecular complexity index is 392. The molecule has 0 saturated carbocycles. The Morgan fingerprint density at radius 2 is 1.82 bits per heavy atom. The lowest BCUT2D eigenvalue weighted by atomic mass is 10.1. The van der Waals surface area contributed by atoms with Crippen molar-refractivity contribution in [1.82, 2.24) is 4.90 Å².